The Bertz CT molecular complexity index is 609. The van der Waals surface area contributed by atoms with Crippen molar-refractivity contribution < 1.29 is 9.90 Å². The van der Waals surface area contributed by atoms with Gasteiger partial charge in [0.25, 0.3) is 0 Å². The number of hydrogen-bond acceptors (Lipinski definition) is 5. The first-order chi connectivity index (χ1) is 10.1. The van der Waals surface area contributed by atoms with E-state index in [9.17, 15) is 9.90 Å². The molecule has 1 saturated heterocycles. The van der Waals surface area contributed by atoms with Gasteiger partial charge in [-0.2, -0.15) is 0 Å². The Balaban J connectivity index is 1.67. The second kappa shape index (κ2) is 6.25. The number of carboxylic acids is 1. The Morgan fingerprint density at radius 2 is 2.33 bits per heavy atom. The van der Waals surface area contributed by atoms with E-state index in [4.69, 9.17) is 0 Å². The van der Waals surface area contributed by atoms with Crippen molar-refractivity contribution in [2.75, 3.05) is 13.1 Å². The molecule has 0 aromatic carbocycles. The van der Waals surface area contributed by atoms with Gasteiger partial charge in [0.2, 0.25) is 0 Å². The molecule has 0 aliphatic carbocycles. The standard InChI is InChI=1S/C15H18N2O2S2/c1-10-5-11(15(18)19)7-17(6-10)8-12-9-21-14(16-12)13-3-2-4-20-13/h2-4,9-11H,5-8H2,1H3,(H,18,19). The number of aromatic nitrogens is 1. The summed E-state index contributed by atoms with van der Waals surface area (Å²) in [6, 6.07) is 4.11. The maximum absolute atomic E-state index is 11.2. The number of likely N-dealkylation sites (tertiary alicyclic amines) is 1. The summed E-state index contributed by atoms with van der Waals surface area (Å²) in [6.07, 6.45) is 0.781. The Morgan fingerprint density at radius 1 is 1.48 bits per heavy atom. The maximum atomic E-state index is 11.2. The normalized spacial score (nSPS) is 23.3. The third kappa shape index (κ3) is 3.51. The number of rotatable bonds is 4. The van der Waals surface area contributed by atoms with Crippen molar-refractivity contribution in [3.05, 3.63) is 28.6 Å². The first-order valence-electron chi connectivity index (χ1n) is 7.05. The van der Waals surface area contributed by atoms with Crippen molar-refractivity contribution >= 4 is 28.6 Å². The van der Waals surface area contributed by atoms with Gasteiger partial charge in [0.1, 0.15) is 5.01 Å². The van der Waals surface area contributed by atoms with Crippen LogP contribution in [0, 0.1) is 11.8 Å². The summed E-state index contributed by atoms with van der Waals surface area (Å²) >= 11 is 3.36. The molecule has 2 unspecified atom stereocenters. The van der Waals surface area contributed by atoms with E-state index in [1.165, 1.54) is 4.88 Å². The summed E-state index contributed by atoms with van der Waals surface area (Å²) in [5, 5.41) is 14.4. The molecule has 21 heavy (non-hydrogen) atoms. The number of nitrogens with zero attached hydrogens (tertiary/aromatic N) is 2. The zero-order chi connectivity index (χ0) is 14.8. The van der Waals surface area contributed by atoms with Crippen LogP contribution in [-0.2, 0) is 11.3 Å². The minimum absolute atomic E-state index is 0.246. The number of piperidine rings is 1. The van der Waals surface area contributed by atoms with Crippen molar-refractivity contribution in [3.63, 3.8) is 0 Å². The SMILES string of the molecule is CC1CC(C(=O)O)CN(Cc2csc(-c3cccs3)n2)C1. The van der Waals surface area contributed by atoms with E-state index in [1.54, 1.807) is 22.7 Å². The molecule has 3 rings (SSSR count). The van der Waals surface area contributed by atoms with Crippen LogP contribution in [0.3, 0.4) is 0 Å². The van der Waals surface area contributed by atoms with Crippen LogP contribution < -0.4 is 0 Å². The third-order valence-corrected chi connectivity index (χ3v) is 5.68. The van der Waals surface area contributed by atoms with Gasteiger partial charge in [-0.05, 0) is 23.8 Å². The first-order valence-corrected chi connectivity index (χ1v) is 8.81. The summed E-state index contributed by atoms with van der Waals surface area (Å²) in [5.41, 5.74) is 1.04. The quantitative estimate of drug-likeness (QED) is 0.937. The van der Waals surface area contributed by atoms with Crippen molar-refractivity contribution in [2.45, 2.75) is 19.9 Å². The van der Waals surface area contributed by atoms with Gasteiger partial charge < -0.3 is 5.11 Å². The van der Waals surface area contributed by atoms with E-state index in [-0.39, 0.29) is 5.92 Å². The number of thiazole rings is 1. The van der Waals surface area contributed by atoms with Crippen molar-refractivity contribution in [2.24, 2.45) is 11.8 Å². The fourth-order valence-corrected chi connectivity index (χ4v) is 4.52. The highest BCUT2D eigenvalue weighted by Gasteiger charge is 2.29. The van der Waals surface area contributed by atoms with E-state index in [0.29, 0.717) is 12.5 Å². The molecule has 4 nitrogen and oxygen atoms in total. The highest BCUT2D eigenvalue weighted by atomic mass is 32.1. The van der Waals surface area contributed by atoms with Gasteiger partial charge in [-0.25, -0.2) is 4.98 Å². The van der Waals surface area contributed by atoms with Crippen LogP contribution in [0.1, 0.15) is 19.0 Å². The molecule has 1 N–H and O–H groups in total. The van der Waals surface area contributed by atoms with Crippen molar-refractivity contribution in [3.8, 4) is 9.88 Å². The van der Waals surface area contributed by atoms with Gasteiger partial charge in [-0.15, -0.1) is 22.7 Å². The molecule has 0 spiro atoms. The fourth-order valence-electron chi connectivity index (χ4n) is 2.89. The zero-order valence-corrected chi connectivity index (χ0v) is 13.5. The van der Waals surface area contributed by atoms with Gasteiger partial charge in [0, 0.05) is 25.0 Å². The molecular formula is C15H18N2O2S2. The Labute approximate surface area is 132 Å². The summed E-state index contributed by atoms with van der Waals surface area (Å²) in [7, 11) is 0. The summed E-state index contributed by atoms with van der Waals surface area (Å²) in [5.74, 6) is -0.497. The van der Waals surface area contributed by atoms with Gasteiger partial charge in [0.15, 0.2) is 0 Å². The minimum Gasteiger partial charge on any atom is -0.481 e. The Hall–Kier alpha value is -1.24. The van der Waals surface area contributed by atoms with Crippen LogP contribution in [0.15, 0.2) is 22.9 Å². The van der Waals surface area contributed by atoms with Gasteiger partial charge >= 0.3 is 5.97 Å². The highest BCUT2D eigenvalue weighted by molar-refractivity contribution is 7.20. The average molecular weight is 322 g/mol. The lowest BCUT2D eigenvalue weighted by atomic mass is 9.90. The van der Waals surface area contributed by atoms with Crippen LogP contribution in [0.2, 0.25) is 0 Å². The lowest BCUT2D eigenvalue weighted by Gasteiger charge is -2.34. The highest BCUT2D eigenvalue weighted by Crippen LogP contribution is 2.29. The molecule has 0 amide bonds. The fraction of sp³-hybridized carbons (Fsp3) is 0.467. The van der Waals surface area contributed by atoms with E-state index < -0.39 is 5.97 Å². The predicted octanol–water partition coefficient (Wildman–Crippen LogP) is 3.41. The van der Waals surface area contributed by atoms with Crippen LogP contribution in [0.5, 0.6) is 0 Å². The molecule has 0 radical (unpaired) electrons. The molecule has 1 aliphatic heterocycles. The number of hydrogen-bond donors (Lipinski definition) is 1. The lowest BCUT2D eigenvalue weighted by Crippen LogP contribution is -2.42. The predicted molar refractivity (Wildman–Crippen MR) is 85.6 cm³/mol. The molecule has 112 valence electrons. The largest absolute Gasteiger partial charge is 0.481 e. The van der Waals surface area contributed by atoms with Crippen molar-refractivity contribution in [1.29, 1.82) is 0 Å². The number of aliphatic carboxylic acids is 1. The zero-order valence-electron chi connectivity index (χ0n) is 11.9. The second-order valence-corrected chi connectivity index (χ2v) is 7.50. The molecule has 1 fully saturated rings. The summed E-state index contributed by atoms with van der Waals surface area (Å²) in [6.45, 7) is 4.46. The third-order valence-electron chi connectivity index (χ3n) is 3.75. The molecule has 3 heterocycles. The lowest BCUT2D eigenvalue weighted by molar-refractivity contribution is -0.144. The smallest absolute Gasteiger partial charge is 0.307 e. The summed E-state index contributed by atoms with van der Waals surface area (Å²) in [4.78, 5) is 19.3. The first kappa shape index (κ1) is 14.7. The number of carboxylic acid groups (broad SMARTS) is 1. The molecule has 1 aliphatic rings. The van der Waals surface area contributed by atoms with E-state index >= 15 is 0 Å². The molecule has 2 atom stereocenters. The van der Waals surface area contributed by atoms with Crippen molar-refractivity contribution in [1.82, 2.24) is 9.88 Å². The van der Waals surface area contributed by atoms with E-state index in [0.717, 1.165) is 30.2 Å². The number of thiophene rings is 1. The Kier molecular flexibility index (Phi) is 4.37. The maximum Gasteiger partial charge on any atom is 0.307 e. The van der Waals surface area contributed by atoms with Crippen LogP contribution in [0.4, 0.5) is 0 Å². The molecule has 0 saturated carbocycles. The Morgan fingerprint density at radius 3 is 3.05 bits per heavy atom. The molecular weight excluding hydrogens is 304 g/mol. The topological polar surface area (TPSA) is 53.4 Å². The molecule has 2 aromatic rings. The number of carbonyl (C=O) groups is 1. The monoisotopic (exact) mass is 322 g/mol. The second-order valence-electron chi connectivity index (χ2n) is 5.69. The van der Waals surface area contributed by atoms with E-state index in [1.807, 2.05) is 6.07 Å². The minimum atomic E-state index is -0.677. The van der Waals surface area contributed by atoms with Gasteiger partial charge in [-0.1, -0.05) is 13.0 Å². The van der Waals surface area contributed by atoms with Crippen LogP contribution in [-0.4, -0.2) is 34.0 Å². The van der Waals surface area contributed by atoms with Gasteiger partial charge in [-0.3, -0.25) is 9.69 Å². The molecule has 6 heteroatoms. The van der Waals surface area contributed by atoms with Crippen LogP contribution >= 0.6 is 22.7 Å². The summed E-state index contributed by atoms with van der Waals surface area (Å²) < 4.78 is 0. The average Bonchev–Trinajstić information content (AvgIpc) is 3.08. The van der Waals surface area contributed by atoms with Crippen LogP contribution in [0.25, 0.3) is 9.88 Å². The van der Waals surface area contributed by atoms with E-state index in [2.05, 4.69) is 33.6 Å². The molecule has 0 bridgehead atoms. The molecule has 2 aromatic heterocycles. The van der Waals surface area contributed by atoms with Gasteiger partial charge in [0.05, 0.1) is 16.5 Å².